The van der Waals surface area contributed by atoms with E-state index in [1.165, 1.54) is 45.4 Å². The first kappa shape index (κ1) is 18.1. The van der Waals surface area contributed by atoms with Crippen molar-refractivity contribution >= 4 is 5.78 Å². The molecule has 19 heavy (non-hydrogen) atoms. The maximum atomic E-state index is 10.8. The second kappa shape index (κ2) is 12.1. The smallest absolute Gasteiger partial charge is 0.213 e. The SMILES string of the molecule is CCCCCCCCCCC(CCC(C)=O)[N+](=O)[O-]. The van der Waals surface area contributed by atoms with Crippen molar-refractivity contribution in [3.63, 3.8) is 0 Å². The number of nitrogens with zero attached hydrogens (tertiary/aromatic N) is 1. The van der Waals surface area contributed by atoms with Crippen LogP contribution < -0.4 is 0 Å². The largest absolute Gasteiger partial charge is 0.300 e. The van der Waals surface area contributed by atoms with Crippen LogP contribution in [0.1, 0.15) is 84.5 Å². The van der Waals surface area contributed by atoms with Crippen molar-refractivity contribution in [3.05, 3.63) is 10.1 Å². The van der Waals surface area contributed by atoms with Crippen LogP contribution in [0.3, 0.4) is 0 Å². The zero-order valence-electron chi connectivity index (χ0n) is 12.5. The van der Waals surface area contributed by atoms with Crippen molar-refractivity contribution in [1.82, 2.24) is 0 Å². The van der Waals surface area contributed by atoms with Crippen LogP contribution >= 0.6 is 0 Å². The fraction of sp³-hybridized carbons (Fsp3) is 0.933. The second-order valence-electron chi connectivity index (χ2n) is 5.44. The topological polar surface area (TPSA) is 60.2 Å². The van der Waals surface area contributed by atoms with Gasteiger partial charge in [-0.25, -0.2) is 0 Å². The molecule has 0 aromatic carbocycles. The minimum atomic E-state index is -0.524. The Labute approximate surface area is 117 Å². The average Bonchev–Trinajstić information content (AvgIpc) is 2.35. The van der Waals surface area contributed by atoms with E-state index in [0.717, 1.165) is 12.8 Å². The third kappa shape index (κ3) is 11.9. The Kier molecular flexibility index (Phi) is 11.5. The first-order valence-electron chi connectivity index (χ1n) is 7.70. The first-order chi connectivity index (χ1) is 9.07. The normalized spacial score (nSPS) is 12.3. The number of unbranched alkanes of at least 4 members (excludes halogenated alkanes) is 7. The third-order valence-corrected chi connectivity index (χ3v) is 3.52. The molecule has 0 aromatic rings. The lowest BCUT2D eigenvalue weighted by molar-refractivity contribution is -0.524. The summed E-state index contributed by atoms with van der Waals surface area (Å²) in [5.41, 5.74) is 0. The molecule has 0 heterocycles. The maximum absolute atomic E-state index is 10.8. The first-order valence-corrected chi connectivity index (χ1v) is 7.70. The van der Waals surface area contributed by atoms with Gasteiger partial charge in [-0.1, -0.05) is 51.9 Å². The summed E-state index contributed by atoms with van der Waals surface area (Å²) in [6, 6.07) is -0.524. The summed E-state index contributed by atoms with van der Waals surface area (Å²) < 4.78 is 0. The predicted molar refractivity (Wildman–Crippen MR) is 77.9 cm³/mol. The number of Topliss-reactive ketones (excluding diaryl/α,β-unsaturated/α-hetero) is 1. The molecule has 4 heteroatoms. The van der Waals surface area contributed by atoms with Crippen LogP contribution in [0, 0.1) is 10.1 Å². The van der Waals surface area contributed by atoms with Crippen LogP contribution in [-0.2, 0) is 4.79 Å². The van der Waals surface area contributed by atoms with Gasteiger partial charge in [0.05, 0.1) is 0 Å². The summed E-state index contributed by atoms with van der Waals surface area (Å²) in [5, 5.41) is 10.8. The summed E-state index contributed by atoms with van der Waals surface area (Å²) in [6.07, 6.45) is 11.0. The lowest BCUT2D eigenvalue weighted by Crippen LogP contribution is -2.20. The molecule has 0 aliphatic carbocycles. The number of carbonyl (C=O) groups excluding carboxylic acids is 1. The quantitative estimate of drug-likeness (QED) is 0.281. The summed E-state index contributed by atoms with van der Waals surface area (Å²) >= 11 is 0. The fourth-order valence-electron chi connectivity index (χ4n) is 2.24. The number of ketones is 1. The van der Waals surface area contributed by atoms with Crippen LogP contribution in [0.4, 0.5) is 0 Å². The van der Waals surface area contributed by atoms with Gasteiger partial charge in [-0.05, 0) is 13.3 Å². The number of hydrogen-bond donors (Lipinski definition) is 0. The highest BCUT2D eigenvalue weighted by molar-refractivity contribution is 5.75. The second-order valence-corrected chi connectivity index (χ2v) is 5.44. The molecule has 0 aliphatic heterocycles. The zero-order valence-corrected chi connectivity index (χ0v) is 12.5. The van der Waals surface area contributed by atoms with Gasteiger partial charge in [0.15, 0.2) is 0 Å². The van der Waals surface area contributed by atoms with Gasteiger partial charge >= 0.3 is 0 Å². The van der Waals surface area contributed by atoms with E-state index >= 15 is 0 Å². The van der Waals surface area contributed by atoms with E-state index < -0.39 is 6.04 Å². The van der Waals surface area contributed by atoms with Crippen LogP contribution in [0.25, 0.3) is 0 Å². The Morgan fingerprint density at radius 2 is 1.53 bits per heavy atom. The van der Waals surface area contributed by atoms with Crippen molar-refractivity contribution in [2.75, 3.05) is 0 Å². The van der Waals surface area contributed by atoms with Gasteiger partial charge in [0, 0.05) is 24.2 Å². The number of nitro groups is 1. The molecule has 0 saturated carbocycles. The van der Waals surface area contributed by atoms with E-state index in [0.29, 0.717) is 19.3 Å². The molecule has 0 rings (SSSR count). The van der Waals surface area contributed by atoms with Gasteiger partial charge in [0.25, 0.3) is 0 Å². The van der Waals surface area contributed by atoms with E-state index in [2.05, 4.69) is 6.92 Å². The van der Waals surface area contributed by atoms with Gasteiger partial charge in [-0.2, -0.15) is 0 Å². The van der Waals surface area contributed by atoms with Crippen LogP contribution in [0.15, 0.2) is 0 Å². The highest BCUT2D eigenvalue weighted by Gasteiger charge is 2.19. The van der Waals surface area contributed by atoms with Gasteiger partial charge in [0.1, 0.15) is 5.78 Å². The standard InChI is InChI=1S/C15H29NO3/c1-3-4-5-6-7-8-9-10-11-15(16(18)19)13-12-14(2)17/h15H,3-13H2,1-2H3. The molecule has 1 atom stereocenters. The maximum Gasteiger partial charge on any atom is 0.213 e. The highest BCUT2D eigenvalue weighted by Crippen LogP contribution is 2.14. The van der Waals surface area contributed by atoms with Gasteiger partial charge < -0.3 is 4.79 Å². The van der Waals surface area contributed by atoms with Crippen molar-refractivity contribution in [3.8, 4) is 0 Å². The minimum Gasteiger partial charge on any atom is -0.300 e. The summed E-state index contributed by atoms with van der Waals surface area (Å²) in [6.45, 7) is 3.70. The molecule has 112 valence electrons. The number of hydrogen-bond acceptors (Lipinski definition) is 3. The van der Waals surface area contributed by atoms with Crippen molar-refractivity contribution in [1.29, 1.82) is 0 Å². The molecule has 0 bridgehead atoms. The van der Waals surface area contributed by atoms with Crippen LogP contribution in [0.2, 0.25) is 0 Å². The van der Waals surface area contributed by atoms with E-state index in [-0.39, 0.29) is 10.7 Å². The Bertz CT molecular complexity index is 254. The summed E-state index contributed by atoms with van der Waals surface area (Å²) in [7, 11) is 0. The van der Waals surface area contributed by atoms with Crippen molar-refractivity contribution < 1.29 is 9.72 Å². The molecule has 0 aromatic heterocycles. The molecule has 0 aliphatic rings. The van der Waals surface area contributed by atoms with Crippen molar-refractivity contribution in [2.24, 2.45) is 0 Å². The van der Waals surface area contributed by atoms with E-state index in [4.69, 9.17) is 0 Å². The van der Waals surface area contributed by atoms with E-state index in [1.807, 2.05) is 0 Å². The van der Waals surface area contributed by atoms with Crippen LogP contribution in [-0.4, -0.2) is 16.7 Å². The zero-order chi connectivity index (χ0) is 14.5. The van der Waals surface area contributed by atoms with E-state index in [9.17, 15) is 14.9 Å². The van der Waals surface area contributed by atoms with Gasteiger partial charge in [-0.3, -0.25) is 10.1 Å². The molecule has 0 spiro atoms. The van der Waals surface area contributed by atoms with E-state index in [1.54, 1.807) is 0 Å². The molecule has 0 radical (unpaired) electrons. The lowest BCUT2D eigenvalue weighted by atomic mass is 10.0. The minimum absolute atomic E-state index is 0.0442. The van der Waals surface area contributed by atoms with Crippen molar-refractivity contribution in [2.45, 2.75) is 90.5 Å². The van der Waals surface area contributed by atoms with Gasteiger partial charge in [0.2, 0.25) is 6.04 Å². The Morgan fingerprint density at radius 1 is 1.00 bits per heavy atom. The summed E-state index contributed by atoms with van der Waals surface area (Å²) in [5.74, 6) is 0.0442. The molecule has 1 unspecified atom stereocenters. The number of carbonyl (C=O) groups is 1. The molecule has 0 amide bonds. The Morgan fingerprint density at radius 3 is 2.00 bits per heavy atom. The molecule has 0 saturated heterocycles. The van der Waals surface area contributed by atoms with Crippen LogP contribution in [0.5, 0.6) is 0 Å². The van der Waals surface area contributed by atoms with Gasteiger partial charge in [-0.15, -0.1) is 0 Å². The predicted octanol–water partition coefficient (Wildman–Crippen LogP) is 4.53. The number of rotatable bonds is 13. The average molecular weight is 271 g/mol. The highest BCUT2D eigenvalue weighted by atomic mass is 16.6. The fourth-order valence-corrected chi connectivity index (χ4v) is 2.24. The molecule has 0 N–H and O–H groups in total. The molecule has 4 nitrogen and oxygen atoms in total. The lowest BCUT2D eigenvalue weighted by Gasteiger charge is -2.08. The Balaban J connectivity index is 3.53. The monoisotopic (exact) mass is 271 g/mol. The summed E-state index contributed by atoms with van der Waals surface area (Å²) in [4.78, 5) is 21.5. The molecular formula is C15H29NO3. The Hall–Kier alpha value is -0.930. The molecular weight excluding hydrogens is 242 g/mol. The molecule has 0 fully saturated rings. The third-order valence-electron chi connectivity index (χ3n) is 3.52.